The van der Waals surface area contributed by atoms with Gasteiger partial charge in [0.05, 0.1) is 5.69 Å². The number of anilines is 1. The first kappa shape index (κ1) is 10.4. The molecule has 0 amide bonds. The molecule has 3 rings (SSSR count). The zero-order valence-corrected chi connectivity index (χ0v) is 9.63. The lowest BCUT2D eigenvalue weighted by molar-refractivity contribution is 0.453. The van der Waals surface area contributed by atoms with E-state index in [-0.39, 0.29) is 6.04 Å². The average Bonchev–Trinajstić information content (AvgIpc) is 2.72. The van der Waals surface area contributed by atoms with E-state index in [1.165, 1.54) is 0 Å². The fraction of sp³-hybridized carbons (Fsp3) is 0.308. The Morgan fingerprint density at radius 1 is 1.29 bits per heavy atom. The minimum absolute atomic E-state index is 0.248. The number of rotatable bonds is 1. The van der Waals surface area contributed by atoms with Gasteiger partial charge in [-0.1, -0.05) is 18.2 Å². The number of hydrogen-bond acceptors (Lipinski definition) is 3. The van der Waals surface area contributed by atoms with Crippen molar-refractivity contribution < 1.29 is 0 Å². The second-order valence-corrected chi connectivity index (χ2v) is 4.58. The van der Waals surface area contributed by atoms with Crippen molar-refractivity contribution >= 4 is 5.69 Å². The van der Waals surface area contributed by atoms with Gasteiger partial charge in [-0.15, -0.1) is 0 Å². The van der Waals surface area contributed by atoms with Crippen molar-refractivity contribution in [1.29, 1.82) is 0 Å². The number of aromatic nitrogens is 2. The number of hydrogen-bond donors (Lipinski definition) is 2. The smallest absolute Gasteiger partial charge is 0.109 e. The summed E-state index contributed by atoms with van der Waals surface area (Å²) in [6, 6.07) is 8.07. The molecule has 1 aliphatic rings. The molecule has 17 heavy (non-hydrogen) atoms. The molecule has 0 saturated carbocycles. The molecule has 0 saturated heterocycles. The van der Waals surface area contributed by atoms with Crippen LogP contribution in [0.2, 0.25) is 0 Å². The van der Waals surface area contributed by atoms with E-state index in [0.717, 1.165) is 42.2 Å². The van der Waals surface area contributed by atoms with Crippen LogP contribution in [0.4, 0.5) is 5.69 Å². The Morgan fingerprint density at radius 3 is 2.94 bits per heavy atom. The van der Waals surface area contributed by atoms with Gasteiger partial charge in [-0.25, -0.2) is 4.98 Å². The SMILES string of the molecule is Nc1ccccc1-c1cn2c(n1)CCC(N)C2. The molecule has 1 aliphatic heterocycles. The standard InChI is InChI=1S/C13H16N4/c14-9-5-6-13-16-12(8-17(13)7-9)10-3-1-2-4-11(10)15/h1-4,8-9H,5-7,14-15H2. The Balaban J connectivity index is 2.03. The second-order valence-electron chi connectivity index (χ2n) is 4.58. The fourth-order valence-corrected chi connectivity index (χ4v) is 2.33. The summed E-state index contributed by atoms with van der Waals surface area (Å²) in [6.07, 6.45) is 4.02. The molecule has 0 spiro atoms. The van der Waals surface area contributed by atoms with Gasteiger partial charge < -0.3 is 16.0 Å². The number of nitrogen functional groups attached to an aromatic ring is 1. The molecule has 4 heteroatoms. The number of fused-ring (bicyclic) bond motifs is 1. The van der Waals surface area contributed by atoms with E-state index in [0.29, 0.717) is 0 Å². The van der Waals surface area contributed by atoms with Crippen LogP contribution in [0.1, 0.15) is 12.2 Å². The van der Waals surface area contributed by atoms with E-state index in [4.69, 9.17) is 11.5 Å². The lowest BCUT2D eigenvalue weighted by atomic mass is 10.1. The summed E-state index contributed by atoms with van der Waals surface area (Å²) in [7, 11) is 0. The molecule has 2 heterocycles. The monoisotopic (exact) mass is 228 g/mol. The Bertz CT molecular complexity index is 544. The molecule has 1 aromatic heterocycles. The number of aryl methyl sites for hydroxylation is 1. The maximum absolute atomic E-state index is 5.96. The number of para-hydroxylation sites is 1. The normalized spacial score (nSPS) is 19.0. The third-order valence-corrected chi connectivity index (χ3v) is 3.27. The van der Waals surface area contributed by atoms with Crippen LogP contribution in [0.15, 0.2) is 30.5 Å². The molecule has 4 nitrogen and oxygen atoms in total. The second kappa shape index (κ2) is 3.89. The van der Waals surface area contributed by atoms with Gasteiger partial charge in [-0.2, -0.15) is 0 Å². The van der Waals surface area contributed by atoms with Crippen molar-refractivity contribution in [3.05, 3.63) is 36.3 Å². The van der Waals surface area contributed by atoms with Crippen LogP contribution in [0.5, 0.6) is 0 Å². The quantitative estimate of drug-likeness (QED) is 0.725. The van der Waals surface area contributed by atoms with Gasteiger partial charge in [0.2, 0.25) is 0 Å². The maximum Gasteiger partial charge on any atom is 0.109 e. The van der Waals surface area contributed by atoms with Gasteiger partial charge in [0.1, 0.15) is 5.82 Å². The molecule has 0 aliphatic carbocycles. The molecule has 0 fully saturated rings. The van der Waals surface area contributed by atoms with E-state index in [1.807, 2.05) is 24.3 Å². The molecular weight excluding hydrogens is 212 g/mol. The number of nitrogens with zero attached hydrogens (tertiary/aromatic N) is 2. The largest absolute Gasteiger partial charge is 0.398 e. The van der Waals surface area contributed by atoms with Gasteiger partial charge >= 0.3 is 0 Å². The van der Waals surface area contributed by atoms with Crippen molar-refractivity contribution in [2.24, 2.45) is 5.73 Å². The van der Waals surface area contributed by atoms with Crippen LogP contribution in [0.3, 0.4) is 0 Å². The Morgan fingerprint density at radius 2 is 2.12 bits per heavy atom. The number of nitrogens with two attached hydrogens (primary N) is 2. The molecular formula is C13H16N4. The Hall–Kier alpha value is -1.81. The topological polar surface area (TPSA) is 69.9 Å². The van der Waals surface area contributed by atoms with Crippen LogP contribution >= 0.6 is 0 Å². The highest BCUT2D eigenvalue weighted by molar-refractivity contribution is 5.73. The molecule has 1 unspecified atom stereocenters. The molecule has 0 bridgehead atoms. The summed E-state index contributed by atoms with van der Waals surface area (Å²) in [5.74, 6) is 1.12. The van der Waals surface area contributed by atoms with Crippen LogP contribution in [-0.4, -0.2) is 15.6 Å². The average molecular weight is 228 g/mol. The Kier molecular flexibility index (Phi) is 2.37. The van der Waals surface area contributed by atoms with Gasteiger partial charge in [0, 0.05) is 36.5 Å². The summed E-state index contributed by atoms with van der Waals surface area (Å²) in [5, 5.41) is 0. The summed E-state index contributed by atoms with van der Waals surface area (Å²) < 4.78 is 2.15. The first-order chi connectivity index (χ1) is 8.24. The zero-order valence-electron chi connectivity index (χ0n) is 9.63. The van der Waals surface area contributed by atoms with Crippen molar-refractivity contribution in [1.82, 2.24) is 9.55 Å². The molecule has 4 N–H and O–H groups in total. The highest BCUT2D eigenvalue weighted by atomic mass is 15.1. The predicted molar refractivity (Wildman–Crippen MR) is 68.4 cm³/mol. The third kappa shape index (κ3) is 1.80. The van der Waals surface area contributed by atoms with Crippen LogP contribution in [-0.2, 0) is 13.0 Å². The van der Waals surface area contributed by atoms with E-state index in [2.05, 4.69) is 15.7 Å². The van der Waals surface area contributed by atoms with Gasteiger partial charge in [0.15, 0.2) is 0 Å². The van der Waals surface area contributed by atoms with E-state index < -0.39 is 0 Å². The summed E-state index contributed by atoms with van der Waals surface area (Å²) >= 11 is 0. The van der Waals surface area contributed by atoms with Crippen LogP contribution in [0, 0.1) is 0 Å². The first-order valence-electron chi connectivity index (χ1n) is 5.90. The fourth-order valence-electron chi connectivity index (χ4n) is 2.33. The van der Waals surface area contributed by atoms with Crippen molar-refractivity contribution in [2.75, 3.05) is 5.73 Å². The maximum atomic E-state index is 5.96. The van der Waals surface area contributed by atoms with Crippen molar-refractivity contribution in [3.63, 3.8) is 0 Å². The summed E-state index contributed by atoms with van der Waals surface area (Å²) in [6.45, 7) is 0.856. The highest BCUT2D eigenvalue weighted by Gasteiger charge is 2.18. The van der Waals surface area contributed by atoms with Crippen molar-refractivity contribution in [3.8, 4) is 11.3 Å². The van der Waals surface area contributed by atoms with Crippen molar-refractivity contribution in [2.45, 2.75) is 25.4 Å². The molecule has 1 atom stereocenters. The van der Waals surface area contributed by atoms with E-state index >= 15 is 0 Å². The number of benzene rings is 1. The lowest BCUT2D eigenvalue weighted by Crippen LogP contribution is -2.31. The van der Waals surface area contributed by atoms with Gasteiger partial charge in [0.25, 0.3) is 0 Å². The summed E-state index contributed by atoms with van der Waals surface area (Å²) in [4.78, 5) is 4.64. The van der Waals surface area contributed by atoms with E-state index in [1.54, 1.807) is 0 Å². The lowest BCUT2D eigenvalue weighted by Gasteiger charge is -2.19. The summed E-state index contributed by atoms with van der Waals surface area (Å²) in [5.41, 5.74) is 14.6. The van der Waals surface area contributed by atoms with E-state index in [9.17, 15) is 0 Å². The molecule has 1 aromatic carbocycles. The molecule has 0 radical (unpaired) electrons. The minimum atomic E-state index is 0.248. The third-order valence-electron chi connectivity index (χ3n) is 3.27. The Labute approximate surface area is 100 Å². The molecule has 88 valence electrons. The zero-order chi connectivity index (χ0) is 11.8. The van der Waals surface area contributed by atoms with Crippen LogP contribution < -0.4 is 11.5 Å². The number of imidazole rings is 1. The minimum Gasteiger partial charge on any atom is -0.398 e. The van der Waals surface area contributed by atoms with Gasteiger partial charge in [-0.3, -0.25) is 0 Å². The van der Waals surface area contributed by atoms with Gasteiger partial charge in [-0.05, 0) is 12.5 Å². The molecule has 2 aromatic rings. The predicted octanol–water partition coefficient (Wildman–Crippen LogP) is 1.41. The van der Waals surface area contributed by atoms with Crippen LogP contribution in [0.25, 0.3) is 11.3 Å². The first-order valence-corrected chi connectivity index (χ1v) is 5.90. The highest BCUT2D eigenvalue weighted by Crippen LogP contribution is 2.26.